The molecule has 1 rings (SSSR count). The van der Waals surface area contributed by atoms with Gasteiger partial charge in [-0.2, -0.15) is 0 Å². The lowest BCUT2D eigenvalue weighted by Crippen LogP contribution is -2.27. The Labute approximate surface area is 97.2 Å². The lowest BCUT2D eigenvalue weighted by atomic mass is 10.3. The van der Waals surface area contributed by atoms with Gasteiger partial charge in [0.15, 0.2) is 5.13 Å². The number of hydrogen-bond acceptors (Lipinski definition) is 5. The van der Waals surface area contributed by atoms with Crippen molar-refractivity contribution < 1.29 is 14.3 Å². The van der Waals surface area contributed by atoms with Crippen molar-refractivity contribution in [3.05, 3.63) is 11.1 Å². The summed E-state index contributed by atoms with van der Waals surface area (Å²) in [6, 6.07) is -0.251. The summed E-state index contributed by atoms with van der Waals surface area (Å²) >= 11 is 1.27. The monoisotopic (exact) mass is 243 g/mol. The van der Waals surface area contributed by atoms with E-state index < -0.39 is 0 Å². The molecular weight excluding hydrogens is 230 g/mol. The summed E-state index contributed by atoms with van der Waals surface area (Å²) in [5.74, 6) is -0.351. The smallest absolute Gasteiger partial charge is 0.323 e. The number of rotatable bonds is 3. The Morgan fingerprint density at radius 3 is 2.81 bits per heavy atom. The van der Waals surface area contributed by atoms with Crippen molar-refractivity contribution in [1.29, 1.82) is 0 Å². The first-order chi connectivity index (χ1) is 7.52. The molecule has 0 aromatic carbocycles. The standard InChI is InChI=1S/C9H13N3O3S/c1-12(2)9(14)11-8-10-6(5-16-8)4-7(13)15-3/h5H,4H2,1-3H3,(H,10,11,14). The van der Waals surface area contributed by atoms with E-state index in [4.69, 9.17) is 0 Å². The van der Waals surface area contributed by atoms with E-state index in [0.29, 0.717) is 10.8 Å². The lowest BCUT2D eigenvalue weighted by Gasteiger charge is -2.09. The van der Waals surface area contributed by atoms with E-state index in [9.17, 15) is 9.59 Å². The summed E-state index contributed by atoms with van der Waals surface area (Å²) < 4.78 is 4.51. The topological polar surface area (TPSA) is 71.5 Å². The van der Waals surface area contributed by atoms with Gasteiger partial charge < -0.3 is 9.64 Å². The molecular formula is C9H13N3O3S. The van der Waals surface area contributed by atoms with Crippen LogP contribution in [0.5, 0.6) is 0 Å². The molecule has 16 heavy (non-hydrogen) atoms. The van der Waals surface area contributed by atoms with E-state index in [2.05, 4.69) is 15.0 Å². The summed E-state index contributed by atoms with van der Waals surface area (Å²) in [6.45, 7) is 0. The minimum atomic E-state index is -0.351. The van der Waals surface area contributed by atoms with Crippen LogP contribution in [0.4, 0.5) is 9.93 Å². The van der Waals surface area contributed by atoms with Gasteiger partial charge in [0.25, 0.3) is 0 Å². The molecule has 1 N–H and O–H groups in total. The number of urea groups is 1. The van der Waals surface area contributed by atoms with Crippen molar-refractivity contribution in [2.45, 2.75) is 6.42 Å². The van der Waals surface area contributed by atoms with Crippen LogP contribution in [0.1, 0.15) is 5.69 Å². The molecule has 0 bridgehead atoms. The summed E-state index contributed by atoms with van der Waals surface area (Å²) in [5, 5.41) is 4.78. The molecule has 1 aromatic heterocycles. The molecule has 1 heterocycles. The van der Waals surface area contributed by atoms with Crippen LogP contribution in [-0.2, 0) is 16.0 Å². The van der Waals surface area contributed by atoms with Crippen LogP contribution in [0.3, 0.4) is 0 Å². The van der Waals surface area contributed by atoms with Gasteiger partial charge in [0.1, 0.15) is 0 Å². The zero-order chi connectivity index (χ0) is 12.1. The second-order valence-corrected chi connectivity index (χ2v) is 4.08. The Morgan fingerprint density at radius 2 is 2.25 bits per heavy atom. The zero-order valence-corrected chi connectivity index (χ0v) is 10.1. The van der Waals surface area contributed by atoms with Gasteiger partial charge in [-0.1, -0.05) is 0 Å². The highest BCUT2D eigenvalue weighted by Gasteiger charge is 2.10. The number of amides is 2. The number of carbonyl (C=O) groups excluding carboxylic acids is 2. The number of hydrogen-bond donors (Lipinski definition) is 1. The van der Waals surface area contributed by atoms with Gasteiger partial charge in [0, 0.05) is 19.5 Å². The maximum Gasteiger partial charge on any atom is 0.323 e. The van der Waals surface area contributed by atoms with Crippen molar-refractivity contribution in [1.82, 2.24) is 9.88 Å². The Kier molecular flexibility index (Phi) is 4.24. The van der Waals surface area contributed by atoms with E-state index in [0.717, 1.165) is 0 Å². The van der Waals surface area contributed by atoms with E-state index in [1.54, 1.807) is 19.5 Å². The molecule has 0 aliphatic carbocycles. The van der Waals surface area contributed by atoms with Crippen LogP contribution in [0, 0.1) is 0 Å². The molecule has 0 saturated carbocycles. The quantitative estimate of drug-likeness (QED) is 0.802. The van der Waals surface area contributed by atoms with E-state index >= 15 is 0 Å². The van der Waals surface area contributed by atoms with Gasteiger partial charge in [-0.25, -0.2) is 9.78 Å². The summed E-state index contributed by atoms with van der Waals surface area (Å²) in [6.07, 6.45) is 0.116. The number of methoxy groups -OCH3 is 1. The van der Waals surface area contributed by atoms with Gasteiger partial charge in [0.05, 0.1) is 19.2 Å². The Bertz CT molecular complexity index is 389. The Morgan fingerprint density at radius 1 is 1.56 bits per heavy atom. The zero-order valence-electron chi connectivity index (χ0n) is 9.31. The number of anilines is 1. The SMILES string of the molecule is COC(=O)Cc1csc(NC(=O)N(C)C)n1. The maximum absolute atomic E-state index is 11.3. The summed E-state index contributed by atoms with van der Waals surface area (Å²) in [5.41, 5.74) is 0.589. The number of ether oxygens (including phenoxy) is 1. The summed E-state index contributed by atoms with van der Waals surface area (Å²) in [4.78, 5) is 27.7. The molecule has 0 aliphatic heterocycles. The highest BCUT2D eigenvalue weighted by atomic mass is 32.1. The molecule has 0 spiro atoms. The normalized spacial score (nSPS) is 9.69. The van der Waals surface area contributed by atoms with Crippen molar-refractivity contribution in [3.63, 3.8) is 0 Å². The van der Waals surface area contributed by atoms with E-state index in [1.165, 1.54) is 23.3 Å². The molecule has 0 atom stereocenters. The van der Waals surface area contributed by atoms with E-state index in [1.807, 2.05) is 0 Å². The largest absolute Gasteiger partial charge is 0.469 e. The fourth-order valence-electron chi connectivity index (χ4n) is 0.869. The second-order valence-electron chi connectivity index (χ2n) is 3.22. The second kappa shape index (κ2) is 5.45. The van der Waals surface area contributed by atoms with Crippen LogP contribution >= 0.6 is 11.3 Å². The Hall–Kier alpha value is -1.63. The Balaban J connectivity index is 2.58. The molecule has 6 nitrogen and oxygen atoms in total. The molecule has 0 fully saturated rings. The van der Waals surface area contributed by atoms with Crippen molar-refractivity contribution in [2.75, 3.05) is 26.5 Å². The average Bonchev–Trinajstić information content (AvgIpc) is 2.65. The molecule has 1 aromatic rings. The van der Waals surface area contributed by atoms with Gasteiger partial charge in [-0.15, -0.1) is 11.3 Å². The number of nitrogens with zero attached hydrogens (tertiary/aromatic N) is 2. The van der Waals surface area contributed by atoms with Crippen LogP contribution < -0.4 is 5.32 Å². The van der Waals surface area contributed by atoms with Crippen LogP contribution in [0.15, 0.2) is 5.38 Å². The number of esters is 1. The highest BCUT2D eigenvalue weighted by Crippen LogP contribution is 2.16. The molecule has 0 radical (unpaired) electrons. The number of thiazole rings is 1. The number of carbonyl (C=O) groups is 2. The lowest BCUT2D eigenvalue weighted by molar-refractivity contribution is -0.139. The van der Waals surface area contributed by atoms with Crippen molar-refractivity contribution in [2.24, 2.45) is 0 Å². The third-order valence-corrected chi connectivity index (χ3v) is 2.53. The first-order valence-electron chi connectivity index (χ1n) is 4.52. The predicted molar refractivity (Wildman–Crippen MR) is 60.5 cm³/mol. The predicted octanol–water partition coefficient (Wildman–Crippen LogP) is 0.952. The van der Waals surface area contributed by atoms with Gasteiger partial charge in [-0.3, -0.25) is 10.1 Å². The van der Waals surface area contributed by atoms with Crippen LogP contribution in [-0.4, -0.2) is 43.1 Å². The van der Waals surface area contributed by atoms with Gasteiger partial charge in [0.2, 0.25) is 0 Å². The molecule has 0 unspecified atom stereocenters. The van der Waals surface area contributed by atoms with Crippen molar-refractivity contribution in [3.8, 4) is 0 Å². The molecule has 0 aliphatic rings. The first-order valence-corrected chi connectivity index (χ1v) is 5.40. The number of aromatic nitrogens is 1. The maximum atomic E-state index is 11.3. The van der Waals surface area contributed by atoms with E-state index in [-0.39, 0.29) is 18.4 Å². The molecule has 7 heteroatoms. The van der Waals surface area contributed by atoms with Crippen molar-refractivity contribution >= 4 is 28.5 Å². The van der Waals surface area contributed by atoms with Gasteiger partial charge >= 0.3 is 12.0 Å². The van der Waals surface area contributed by atoms with Gasteiger partial charge in [-0.05, 0) is 0 Å². The number of nitrogens with one attached hydrogen (secondary N) is 1. The molecule has 88 valence electrons. The molecule has 2 amide bonds. The highest BCUT2D eigenvalue weighted by molar-refractivity contribution is 7.13. The van der Waals surface area contributed by atoms with Crippen LogP contribution in [0.25, 0.3) is 0 Å². The third kappa shape index (κ3) is 3.50. The minimum absolute atomic E-state index is 0.116. The summed E-state index contributed by atoms with van der Waals surface area (Å²) in [7, 11) is 4.60. The average molecular weight is 243 g/mol. The fourth-order valence-corrected chi connectivity index (χ4v) is 1.57. The first kappa shape index (κ1) is 12.4. The fraction of sp³-hybridized carbons (Fsp3) is 0.444. The molecule has 0 saturated heterocycles. The van der Waals surface area contributed by atoms with Crippen LogP contribution in [0.2, 0.25) is 0 Å². The third-order valence-electron chi connectivity index (χ3n) is 1.72. The minimum Gasteiger partial charge on any atom is -0.469 e.